The number of hydrogen-bond donors (Lipinski definition) is 0. The number of amides is 1. The van der Waals surface area contributed by atoms with Crippen molar-refractivity contribution in [2.75, 3.05) is 13.1 Å². The summed E-state index contributed by atoms with van der Waals surface area (Å²) in [6.07, 6.45) is 8.07. The van der Waals surface area contributed by atoms with E-state index < -0.39 is 6.09 Å². The van der Waals surface area contributed by atoms with Crippen molar-refractivity contribution in [3.63, 3.8) is 0 Å². The van der Waals surface area contributed by atoms with Gasteiger partial charge in [0.15, 0.2) is 0 Å². The van der Waals surface area contributed by atoms with Crippen LogP contribution in [0.5, 0.6) is 0 Å². The van der Waals surface area contributed by atoms with Crippen molar-refractivity contribution >= 4 is 12.1 Å². The molecule has 0 aromatic carbocycles. The zero-order valence-corrected chi connectivity index (χ0v) is 14.8. The average molecular weight is 311 g/mol. The Labute approximate surface area is 135 Å². The Bertz CT molecular complexity index is 354. The number of likely N-dealkylation sites (tertiary alicyclic amines) is 1. The highest BCUT2D eigenvalue weighted by atomic mass is 16.6. The molecular formula is C18H33NO3. The summed E-state index contributed by atoms with van der Waals surface area (Å²) >= 11 is 0. The first-order valence-corrected chi connectivity index (χ1v) is 8.80. The van der Waals surface area contributed by atoms with Gasteiger partial charge in [-0.25, -0.2) is 4.79 Å². The predicted molar refractivity (Wildman–Crippen MR) is 88.6 cm³/mol. The minimum absolute atomic E-state index is 0.191. The topological polar surface area (TPSA) is 46.6 Å². The van der Waals surface area contributed by atoms with Crippen molar-refractivity contribution in [2.45, 2.75) is 79.1 Å². The van der Waals surface area contributed by atoms with Gasteiger partial charge in [0.1, 0.15) is 0 Å². The molecule has 1 atom stereocenters. The van der Waals surface area contributed by atoms with Crippen molar-refractivity contribution in [1.29, 1.82) is 0 Å². The molecule has 0 bridgehead atoms. The van der Waals surface area contributed by atoms with Gasteiger partial charge in [0.25, 0.3) is 0 Å². The molecule has 1 heterocycles. The highest BCUT2D eigenvalue weighted by molar-refractivity contribution is 5.85. The van der Waals surface area contributed by atoms with E-state index in [0.29, 0.717) is 18.5 Å². The lowest BCUT2D eigenvalue weighted by atomic mass is 9.89. The van der Waals surface area contributed by atoms with Gasteiger partial charge in [-0.1, -0.05) is 47.0 Å². The summed E-state index contributed by atoms with van der Waals surface area (Å²) in [6.45, 7) is 10.0. The van der Waals surface area contributed by atoms with Crippen LogP contribution in [0.15, 0.2) is 0 Å². The Morgan fingerprint density at radius 2 is 1.68 bits per heavy atom. The van der Waals surface area contributed by atoms with Crippen molar-refractivity contribution in [3.05, 3.63) is 0 Å². The summed E-state index contributed by atoms with van der Waals surface area (Å²) in [5.74, 6) is -0.560. The molecule has 0 N–H and O–H groups in total. The molecule has 1 unspecified atom stereocenters. The lowest BCUT2D eigenvalue weighted by Gasteiger charge is -2.25. The van der Waals surface area contributed by atoms with Crippen molar-refractivity contribution in [3.8, 4) is 0 Å². The maximum absolute atomic E-state index is 11.9. The van der Waals surface area contributed by atoms with Crippen LogP contribution in [0.25, 0.3) is 0 Å². The molecular weight excluding hydrogens is 278 g/mol. The number of esters is 1. The zero-order chi connectivity index (χ0) is 16.6. The lowest BCUT2D eigenvalue weighted by molar-refractivity contribution is -0.142. The molecule has 128 valence electrons. The Balaban J connectivity index is 2.17. The first-order valence-electron chi connectivity index (χ1n) is 8.80. The zero-order valence-electron chi connectivity index (χ0n) is 14.8. The van der Waals surface area contributed by atoms with Gasteiger partial charge < -0.3 is 9.64 Å². The second kappa shape index (κ2) is 9.16. The smallest absolute Gasteiger partial charge is 0.376 e. The molecule has 0 saturated carbocycles. The molecule has 4 nitrogen and oxygen atoms in total. The van der Waals surface area contributed by atoms with E-state index in [1.54, 1.807) is 4.90 Å². The van der Waals surface area contributed by atoms with Crippen LogP contribution in [0.3, 0.4) is 0 Å². The molecule has 22 heavy (non-hydrogen) atoms. The minimum atomic E-state index is -0.454. The fourth-order valence-corrected chi connectivity index (χ4v) is 2.73. The van der Waals surface area contributed by atoms with Crippen LogP contribution in [0.1, 0.15) is 79.1 Å². The molecule has 0 aromatic heterocycles. The molecule has 1 amide bonds. The van der Waals surface area contributed by atoms with Crippen LogP contribution in [0, 0.1) is 11.3 Å². The normalized spacial score (nSPS) is 17.2. The van der Waals surface area contributed by atoms with Crippen LogP contribution >= 0.6 is 0 Å². The number of carbonyl (C=O) groups is 2. The first kappa shape index (κ1) is 19.0. The number of carbonyl (C=O) groups excluding carboxylic acids is 2. The Morgan fingerprint density at radius 3 is 2.27 bits per heavy atom. The SMILES string of the molecule is CC(CCCCCC(C)(C)C)C(=O)OC(=O)N1CCCCC1. The van der Waals surface area contributed by atoms with E-state index >= 15 is 0 Å². The summed E-state index contributed by atoms with van der Waals surface area (Å²) in [6, 6.07) is 0. The van der Waals surface area contributed by atoms with Crippen LogP contribution in [0.2, 0.25) is 0 Å². The van der Waals surface area contributed by atoms with E-state index in [0.717, 1.165) is 38.5 Å². The number of hydrogen-bond acceptors (Lipinski definition) is 3. The number of unbranched alkanes of at least 4 members (excludes halogenated alkanes) is 2. The molecule has 0 radical (unpaired) electrons. The molecule has 1 aliphatic rings. The predicted octanol–water partition coefficient (Wildman–Crippen LogP) is 4.77. The molecule has 1 aliphatic heterocycles. The van der Waals surface area contributed by atoms with Crippen molar-refractivity contribution in [2.24, 2.45) is 11.3 Å². The Morgan fingerprint density at radius 1 is 1.05 bits per heavy atom. The van der Waals surface area contributed by atoms with Gasteiger partial charge >= 0.3 is 12.1 Å². The van der Waals surface area contributed by atoms with Gasteiger partial charge in [-0.2, -0.15) is 0 Å². The van der Waals surface area contributed by atoms with Gasteiger partial charge in [-0.05, 0) is 37.5 Å². The summed E-state index contributed by atoms with van der Waals surface area (Å²) < 4.78 is 5.01. The third-order valence-corrected chi connectivity index (χ3v) is 4.27. The van der Waals surface area contributed by atoms with E-state index in [2.05, 4.69) is 20.8 Å². The minimum Gasteiger partial charge on any atom is -0.376 e. The van der Waals surface area contributed by atoms with Gasteiger partial charge in [-0.3, -0.25) is 4.79 Å². The third-order valence-electron chi connectivity index (χ3n) is 4.27. The molecule has 4 heteroatoms. The van der Waals surface area contributed by atoms with Gasteiger partial charge in [0, 0.05) is 13.1 Å². The van der Waals surface area contributed by atoms with Gasteiger partial charge in [0.05, 0.1) is 5.92 Å². The molecule has 1 saturated heterocycles. The third kappa shape index (κ3) is 7.81. The standard InChI is InChI=1S/C18H33NO3/c1-15(11-7-5-8-12-18(2,3)4)16(20)22-17(21)19-13-9-6-10-14-19/h15H,5-14H2,1-4H3. The maximum atomic E-state index is 11.9. The fraction of sp³-hybridized carbons (Fsp3) is 0.889. The molecule has 0 aliphatic carbocycles. The highest BCUT2D eigenvalue weighted by Gasteiger charge is 2.23. The summed E-state index contributed by atoms with van der Waals surface area (Å²) in [7, 11) is 0. The second-order valence-corrected chi connectivity index (χ2v) is 7.80. The molecule has 1 fully saturated rings. The van der Waals surface area contributed by atoms with E-state index in [1.807, 2.05) is 6.92 Å². The quantitative estimate of drug-likeness (QED) is 0.403. The van der Waals surface area contributed by atoms with E-state index in [9.17, 15) is 9.59 Å². The second-order valence-electron chi connectivity index (χ2n) is 7.80. The summed E-state index contributed by atoms with van der Waals surface area (Å²) in [5, 5.41) is 0. The molecule has 0 spiro atoms. The number of piperidine rings is 1. The average Bonchev–Trinajstić information content (AvgIpc) is 2.46. The molecule has 0 aromatic rings. The number of rotatable bonds is 6. The highest BCUT2D eigenvalue weighted by Crippen LogP contribution is 2.23. The van der Waals surface area contributed by atoms with Crippen molar-refractivity contribution in [1.82, 2.24) is 4.90 Å². The Hall–Kier alpha value is -1.06. The monoisotopic (exact) mass is 311 g/mol. The van der Waals surface area contributed by atoms with Crippen molar-refractivity contribution < 1.29 is 14.3 Å². The first-order chi connectivity index (χ1) is 10.3. The summed E-state index contributed by atoms with van der Waals surface area (Å²) in [4.78, 5) is 25.5. The van der Waals surface area contributed by atoms with Crippen LogP contribution < -0.4 is 0 Å². The largest absolute Gasteiger partial charge is 0.417 e. The van der Waals surface area contributed by atoms with Crippen LogP contribution in [0.4, 0.5) is 4.79 Å². The molecule has 1 rings (SSSR count). The van der Waals surface area contributed by atoms with Crippen LogP contribution in [-0.4, -0.2) is 30.1 Å². The number of nitrogens with zero attached hydrogens (tertiary/aromatic N) is 1. The Kier molecular flexibility index (Phi) is 7.91. The van der Waals surface area contributed by atoms with E-state index in [1.165, 1.54) is 12.8 Å². The van der Waals surface area contributed by atoms with E-state index in [4.69, 9.17) is 4.74 Å². The summed E-state index contributed by atoms with van der Waals surface area (Å²) in [5.41, 5.74) is 0.380. The van der Waals surface area contributed by atoms with Gasteiger partial charge in [0.2, 0.25) is 0 Å². The van der Waals surface area contributed by atoms with Crippen LogP contribution in [-0.2, 0) is 9.53 Å². The lowest BCUT2D eigenvalue weighted by Crippen LogP contribution is -2.38. The van der Waals surface area contributed by atoms with Gasteiger partial charge in [-0.15, -0.1) is 0 Å². The van der Waals surface area contributed by atoms with E-state index in [-0.39, 0.29) is 11.9 Å². The fourth-order valence-electron chi connectivity index (χ4n) is 2.73. The number of ether oxygens (including phenoxy) is 1. The maximum Gasteiger partial charge on any atom is 0.417 e.